The second-order valence-electron chi connectivity index (χ2n) is 27.3. The van der Waals surface area contributed by atoms with Crippen LogP contribution in [0, 0.1) is 13.8 Å². The van der Waals surface area contributed by atoms with Crippen molar-refractivity contribution in [2.45, 2.75) is 13.8 Å². The lowest BCUT2D eigenvalue weighted by molar-refractivity contribution is 0.494. The number of aryl methyl sites for hydroxylation is 2. The van der Waals surface area contributed by atoms with Gasteiger partial charge in [-0.1, -0.05) is 145 Å². The molecule has 0 saturated carbocycles. The number of hydrogen-bond donors (Lipinski definition) is 1. The van der Waals surface area contributed by atoms with E-state index in [2.05, 4.69) is 345 Å². The van der Waals surface area contributed by atoms with E-state index in [0.29, 0.717) is 0 Å². The predicted molar refractivity (Wildman–Crippen MR) is 454 cm³/mol. The summed E-state index contributed by atoms with van der Waals surface area (Å²) in [7, 11) is 0. The van der Waals surface area contributed by atoms with Crippen LogP contribution < -0.4 is 90.2 Å². The number of para-hydroxylation sites is 4. The molecule has 15 aromatic rings. The molecule has 17 heteroatoms. The lowest BCUT2D eigenvalue weighted by Gasteiger charge is -2.45. The molecule has 6 aliphatic heterocycles. The monoisotopic (exact) mass is 1430 g/mol. The number of nitrogens with zero attached hydrogens (tertiary/aromatic N) is 6. The lowest BCUT2D eigenvalue weighted by Crippen LogP contribution is -2.65. The fourth-order valence-corrected chi connectivity index (χ4v) is 21.7. The van der Waals surface area contributed by atoms with Crippen molar-refractivity contribution in [2.75, 3.05) is 51.7 Å². The van der Waals surface area contributed by atoms with Crippen LogP contribution in [0.2, 0.25) is 0 Å². The summed E-state index contributed by atoms with van der Waals surface area (Å²) in [5.74, 6) is 3.59. The van der Waals surface area contributed by atoms with Crippen molar-refractivity contribution in [1.29, 1.82) is 0 Å². The van der Waals surface area contributed by atoms with E-state index in [1.807, 2.05) is 22.7 Å². The summed E-state index contributed by atoms with van der Waals surface area (Å²) in [6.07, 6.45) is 6.72. The molecule has 0 radical (unpaired) electrons. The van der Waals surface area contributed by atoms with Crippen LogP contribution in [-0.2, 0) is 0 Å². The van der Waals surface area contributed by atoms with Gasteiger partial charge in [-0.25, -0.2) is 0 Å². The molecule has 496 valence electrons. The van der Waals surface area contributed by atoms with Crippen molar-refractivity contribution in [2.24, 2.45) is 0 Å². The van der Waals surface area contributed by atoms with Gasteiger partial charge in [0.15, 0.2) is 0 Å². The molecule has 0 spiro atoms. The molecule has 0 unspecified atom stereocenters. The summed E-state index contributed by atoms with van der Waals surface area (Å²) in [5, 5.41) is 6.46. The van der Waals surface area contributed by atoms with Crippen molar-refractivity contribution >= 4 is 243 Å². The average molecular weight is 1430 g/mol. The Balaban J connectivity index is 0.821. The van der Waals surface area contributed by atoms with Crippen LogP contribution in [0.25, 0.3) is 20.2 Å². The maximum absolute atomic E-state index is 7.50. The van der Waals surface area contributed by atoms with E-state index in [9.17, 15) is 0 Å². The zero-order valence-electron chi connectivity index (χ0n) is 57.3. The smallest absolute Gasteiger partial charge is 0.268 e. The zero-order valence-corrected chi connectivity index (χ0v) is 61.4. The predicted octanol–water partition coefficient (Wildman–Crippen LogP) is 19.1. The van der Waals surface area contributed by atoms with Crippen LogP contribution in [0.5, 0.6) is 23.0 Å². The van der Waals surface area contributed by atoms with E-state index in [1.165, 1.54) is 62.9 Å². The minimum atomic E-state index is -0.219. The van der Waals surface area contributed by atoms with Crippen molar-refractivity contribution in [3.8, 4) is 23.0 Å². The molecule has 0 saturated heterocycles. The summed E-state index contributed by atoms with van der Waals surface area (Å²) in [6.45, 7) is 3.77. The molecule has 0 atom stereocenters. The Bertz CT molecular complexity index is 5910. The Kier molecular flexibility index (Phi) is 14.4. The fraction of sp³-hybridized carbons (Fsp3) is 0.0575. The summed E-state index contributed by atoms with van der Waals surface area (Å²) in [6, 6.07) is 103. The highest BCUT2D eigenvalue weighted by atomic mass is 32.2. The molecule has 2 aromatic heterocycles. The summed E-state index contributed by atoms with van der Waals surface area (Å²) in [4.78, 5) is 7.16. The molecule has 0 fully saturated rings. The molecular formula is C87H62B3N7O2S5. The molecule has 6 aliphatic rings. The van der Waals surface area contributed by atoms with E-state index in [0.717, 1.165) is 136 Å². The molecule has 21 rings (SSSR count). The number of benzene rings is 13. The van der Waals surface area contributed by atoms with Gasteiger partial charge in [0.05, 0.1) is 34.1 Å². The number of nitrogens with one attached hydrogen (secondary N) is 1. The number of rotatable bonds is 12. The number of thiophene rings is 2. The van der Waals surface area contributed by atoms with Crippen LogP contribution in [0.15, 0.2) is 279 Å². The molecule has 13 aromatic carbocycles. The molecule has 9 nitrogen and oxygen atoms in total. The second kappa shape index (κ2) is 24.2. The number of fused-ring (bicyclic) bond motifs is 16. The van der Waals surface area contributed by atoms with Gasteiger partial charge in [-0.15, -0.1) is 22.7 Å². The summed E-state index contributed by atoms with van der Waals surface area (Å²) < 4.78 is 27.4. The zero-order chi connectivity index (χ0) is 69.2. The largest absolute Gasteiger partial charge is 0.457 e. The van der Waals surface area contributed by atoms with E-state index < -0.39 is 0 Å². The maximum Gasteiger partial charge on any atom is 0.268 e. The van der Waals surface area contributed by atoms with Crippen LogP contribution >= 0.6 is 58.5 Å². The third-order valence-electron chi connectivity index (χ3n) is 21.5. The Hall–Kier alpha value is -10.8. The van der Waals surface area contributed by atoms with Gasteiger partial charge < -0.3 is 29.5 Å². The lowest BCUT2D eigenvalue weighted by atomic mass is 9.30. The van der Waals surface area contributed by atoms with Crippen molar-refractivity contribution in [1.82, 2.24) is 0 Å². The van der Waals surface area contributed by atoms with Gasteiger partial charge >= 0.3 is 0 Å². The SMILES string of the molecule is CSN1c2cc3c(cc2B2c4sc5ccccc5c4Oc4cc(N(c5ccccc5)c5ccccc5)cc1c42)B1c2cc4c(cc2N(SC)c2cc(N(c5ccccc5)c5ccccc5)cc(c21)N3SC)Nc1cc(N(c2ccc(C)cc2)c2ccc(C)cc2)cc2c1B4c1sc3ccccc3c1O2. The van der Waals surface area contributed by atoms with Crippen LogP contribution in [0.4, 0.5) is 96.7 Å². The average Bonchev–Trinajstić information content (AvgIpc) is 0.824. The first-order valence-corrected chi connectivity index (χ1v) is 40.2. The highest BCUT2D eigenvalue weighted by Crippen LogP contribution is 2.53. The number of hydrogen-bond acceptors (Lipinski definition) is 14. The standard InChI is InChI=1S/C87H62B3N7O2S5/c1-52-34-38-58(39-35-52)94(59-40-36-53(2)37-41-59)60-42-70-81-77(46-60)98-84-63-30-18-20-32-79(63)103-86(84)89(81)65-48-66-71(50-69(65)91-70)95(100-3)74-43-61(92(54-22-10-6-11-23-54)55-24-12-7-13-25-55)44-75-82(74)88(66)67-49-68-73(51-72(67)96(75)101-4)97(102-5)76-45-62(93(56-26-14-8-15-27-56)57-28-16-9-17-29-57)47-78-83(76)90(68)87-85(99-78)64-31-19-21-33-80(64)104-87/h6-51,91H,1-5H3. The van der Waals surface area contributed by atoms with Crippen molar-refractivity contribution in [3.05, 3.63) is 290 Å². The maximum atomic E-state index is 7.50. The molecule has 1 N–H and O–H groups in total. The first kappa shape index (κ1) is 61.9. The van der Waals surface area contributed by atoms with Gasteiger partial charge in [-0.3, -0.25) is 12.9 Å². The van der Waals surface area contributed by atoms with Gasteiger partial charge in [0.1, 0.15) is 23.0 Å². The van der Waals surface area contributed by atoms with Gasteiger partial charge in [0.2, 0.25) is 0 Å². The third kappa shape index (κ3) is 9.39. The minimum absolute atomic E-state index is 0.155. The van der Waals surface area contributed by atoms with Crippen LogP contribution in [0.1, 0.15) is 11.1 Å². The van der Waals surface area contributed by atoms with Crippen LogP contribution in [-0.4, -0.2) is 38.9 Å². The first-order valence-electron chi connectivity index (χ1n) is 35.1. The Morgan fingerprint density at radius 3 is 1.14 bits per heavy atom. The van der Waals surface area contributed by atoms with Crippen molar-refractivity contribution < 1.29 is 9.47 Å². The van der Waals surface area contributed by atoms with Crippen molar-refractivity contribution in [3.63, 3.8) is 0 Å². The van der Waals surface area contributed by atoms with Gasteiger partial charge in [-0.05, 0) is 221 Å². The molecule has 0 amide bonds. The molecule has 8 heterocycles. The second-order valence-corrected chi connectivity index (χ2v) is 31.7. The minimum Gasteiger partial charge on any atom is -0.457 e. The van der Waals surface area contributed by atoms with E-state index in [-0.39, 0.29) is 20.1 Å². The van der Waals surface area contributed by atoms with Crippen LogP contribution in [0.3, 0.4) is 0 Å². The molecule has 0 bridgehead atoms. The molecule has 104 heavy (non-hydrogen) atoms. The summed E-state index contributed by atoms with van der Waals surface area (Å²) in [5.41, 5.74) is 29.5. The van der Waals surface area contributed by atoms with E-state index in [1.54, 1.807) is 35.8 Å². The van der Waals surface area contributed by atoms with E-state index >= 15 is 0 Å². The highest BCUT2D eigenvalue weighted by Gasteiger charge is 2.51. The first-order chi connectivity index (χ1) is 51.2. The number of ether oxygens (including phenoxy) is 2. The third-order valence-corrected chi connectivity index (χ3v) is 26.2. The fourth-order valence-electron chi connectivity index (χ4n) is 17.1. The molecule has 0 aliphatic carbocycles. The van der Waals surface area contributed by atoms with Gasteiger partial charge in [0, 0.05) is 123 Å². The Morgan fingerprint density at radius 2 is 0.683 bits per heavy atom. The molecular weight excluding hydrogens is 1370 g/mol. The topological polar surface area (TPSA) is 49.9 Å². The van der Waals surface area contributed by atoms with E-state index in [4.69, 9.17) is 9.47 Å². The van der Waals surface area contributed by atoms with Gasteiger partial charge in [-0.2, -0.15) is 0 Å². The normalized spacial score (nSPS) is 13.5. The van der Waals surface area contributed by atoms with Gasteiger partial charge in [0.25, 0.3) is 20.1 Å². The Morgan fingerprint density at radius 1 is 0.317 bits per heavy atom. The Labute approximate surface area is 626 Å². The quantitative estimate of drug-likeness (QED) is 0.0937. The highest BCUT2D eigenvalue weighted by molar-refractivity contribution is 8.01. The summed E-state index contributed by atoms with van der Waals surface area (Å²) >= 11 is 9.02. The number of anilines is 17.